The molecule has 0 saturated carbocycles. The molecule has 0 bridgehead atoms. The van der Waals surface area contributed by atoms with E-state index in [9.17, 15) is 0 Å². The van der Waals surface area contributed by atoms with Gasteiger partial charge in [0.1, 0.15) is 11.9 Å². The SMILES string of the molecule is CCCCc1ccc(OC(CN)c2ccccc2Br)cc1. The van der Waals surface area contributed by atoms with Crippen LogP contribution in [0.3, 0.4) is 0 Å². The van der Waals surface area contributed by atoms with Gasteiger partial charge in [0.25, 0.3) is 0 Å². The lowest BCUT2D eigenvalue weighted by molar-refractivity contribution is 0.213. The molecular formula is C18H22BrNO. The van der Waals surface area contributed by atoms with Crippen LogP contribution in [0.5, 0.6) is 5.75 Å². The molecule has 0 spiro atoms. The second-order valence-electron chi connectivity index (χ2n) is 5.11. The third kappa shape index (κ3) is 4.58. The largest absolute Gasteiger partial charge is 0.484 e. The van der Waals surface area contributed by atoms with E-state index in [0.717, 1.165) is 22.2 Å². The molecule has 21 heavy (non-hydrogen) atoms. The molecule has 0 fully saturated rings. The molecule has 2 aromatic carbocycles. The Morgan fingerprint density at radius 1 is 1.10 bits per heavy atom. The quantitative estimate of drug-likeness (QED) is 0.775. The molecule has 0 aliphatic carbocycles. The fraction of sp³-hybridized carbons (Fsp3) is 0.333. The van der Waals surface area contributed by atoms with Gasteiger partial charge >= 0.3 is 0 Å². The molecule has 0 aromatic heterocycles. The van der Waals surface area contributed by atoms with Crippen LogP contribution in [-0.2, 0) is 6.42 Å². The Hall–Kier alpha value is -1.32. The zero-order valence-corrected chi connectivity index (χ0v) is 14.0. The molecule has 0 aliphatic heterocycles. The zero-order valence-electron chi connectivity index (χ0n) is 12.4. The highest BCUT2D eigenvalue weighted by Gasteiger charge is 2.14. The summed E-state index contributed by atoms with van der Waals surface area (Å²) in [5, 5.41) is 0. The van der Waals surface area contributed by atoms with Crippen molar-refractivity contribution in [2.24, 2.45) is 5.73 Å². The van der Waals surface area contributed by atoms with E-state index in [1.54, 1.807) is 0 Å². The van der Waals surface area contributed by atoms with Gasteiger partial charge in [0.05, 0.1) is 0 Å². The summed E-state index contributed by atoms with van der Waals surface area (Å²) in [6.45, 7) is 2.65. The van der Waals surface area contributed by atoms with E-state index in [0.29, 0.717) is 6.54 Å². The van der Waals surface area contributed by atoms with E-state index in [1.165, 1.54) is 18.4 Å². The summed E-state index contributed by atoms with van der Waals surface area (Å²) in [6, 6.07) is 16.4. The van der Waals surface area contributed by atoms with Crippen LogP contribution < -0.4 is 10.5 Å². The highest BCUT2D eigenvalue weighted by Crippen LogP contribution is 2.27. The van der Waals surface area contributed by atoms with Gasteiger partial charge < -0.3 is 10.5 Å². The van der Waals surface area contributed by atoms with Gasteiger partial charge in [-0.3, -0.25) is 0 Å². The van der Waals surface area contributed by atoms with Crippen LogP contribution in [0.2, 0.25) is 0 Å². The summed E-state index contributed by atoms with van der Waals surface area (Å²) in [5.41, 5.74) is 8.31. The smallest absolute Gasteiger partial charge is 0.137 e. The van der Waals surface area contributed by atoms with E-state index in [1.807, 2.05) is 36.4 Å². The molecule has 2 nitrogen and oxygen atoms in total. The molecule has 0 aliphatic rings. The highest BCUT2D eigenvalue weighted by molar-refractivity contribution is 9.10. The third-order valence-corrected chi connectivity index (χ3v) is 4.21. The van der Waals surface area contributed by atoms with Crippen LogP contribution in [0.25, 0.3) is 0 Å². The van der Waals surface area contributed by atoms with Crippen LogP contribution in [0.4, 0.5) is 0 Å². The van der Waals surface area contributed by atoms with Gasteiger partial charge in [-0.05, 0) is 36.6 Å². The maximum Gasteiger partial charge on any atom is 0.137 e. The average molecular weight is 348 g/mol. The van der Waals surface area contributed by atoms with Crippen molar-refractivity contribution in [3.8, 4) is 5.75 Å². The Kier molecular flexibility index (Phi) is 6.27. The zero-order chi connectivity index (χ0) is 15.1. The second-order valence-corrected chi connectivity index (χ2v) is 5.97. The van der Waals surface area contributed by atoms with Crippen molar-refractivity contribution in [1.82, 2.24) is 0 Å². The van der Waals surface area contributed by atoms with Crippen molar-refractivity contribution in [1.29, 1.82) is 0 Å². The Morgan fingerprint density at radius 2 is 1.81 bits per heavy atom. The van der Waals surface area contributed by atoms with E-state index >= 15 is 0 Å². The van der Waals surface area contributed by atoms with E-state index in [2.05, 4.69) is 35.0 Å². The summed E-state index contributed by atoms with van der Waals surface area (Å²) in [6.07, 6.45) is 3.43. The summed E-state index contributed by atoms with van der Waals surface area (Å²) >= 11 is 3.56. The number of benzene rings is 2. The monoisotopic (exact) mass is 347 g/mol. The second kappa shape index (κ2) is 8.20. The lowest BCUT2D eigenvalue weighted by Crippen LogP contribution is -2.18. The predicted molar refractivity (Wildman–Crippen MR) is 91.6 cm³/mol. The first-order chi connectivity index (χ1) is 10.2. The number of rotatable bonds is 7. The number of hydrogen-bond donors (Lipinski definition) is 1. The third-order valence-electron chi connectivity index (χ3n) is 3.49. The number of halogens is 1. The molecule has 0 saturated heterocycles. The van der Waals surface area contributed by atoms with Crippen LogP contribution in [0.1, 0.15) is 37.0 Å². The molecule has 0 radical (unpaired) electrons. The Labute approximate surface area is 135 Å². The van der Waals surface area contributed by atoms with Crippen LogP contribution in [0.15, 0.2) is 53.0 Å². The topological polar surface area (TPSA) is 35.2 Å². The van der Waals surface area contributed by atoms with Gasteiger partial charge in [-0.25, -0.2) is 0 Å². The van der Waals surface area contributed by atoms with E-state index in [-0.39, 0.29) is 6.10 Å². The Bertz CT molecular complexity index is 553. The molecule has 2 N–H and O–H groups in total. The fourth-order valence-electron chi connectivity index (χ4n) is 2.25. The van der Waals surface area contributed by atoms with Crippen molar-refractivity contribution < 1.29 is 4.74 Å². The lowest BCUT2D eigenvalue weighted by atomic mass is 10.1. The number of unbranched alkanes of at least 4 members (excludes halogenated alkanes) is 1. The van der Waals surface area contributed by atoms with Gasteiger partial charge in [-0.15, -0.1) is 0 Å². The molecule has 0 heterocycles. The van der Waals surface area contributed by atoms with Gasteiger partial charge in [-0.1, -0.05) is 59.6 Å². The first-order valence-corrected chi connectivity index (χ1v) is 8.24. The number of hydrogen-bond acceptors (Lipinski definition) is 2. The summed E-state index contributed by atoms with van der Waals surface area (Å²) in [7, 11) is 0. The predicted octanol–water partition coefficient (Wildman–Crippen LogP) is 4.87. The van der Waals surface area contributed by atoms with Crippen molar-refractivity contribution in [2.75, 3.05) is 6.54 Å². The van der Waals surface area contributed by atoms with Gasteiger partial charge in [0.2, 0.25) is 0 Å². The lowest BCUT2D eigenvalue weighted by Gasteiger charge is -2.19. The number of ether oxygens (including phenoxy) is 1. The molecule has 3 heteroatoms. The standard InChI is InChI=1S/C18H22BrNO/c1-2-3-6-14-9-11-15(12-10-14)21-18(13-20)16-7-4-5-8-17(16)19/h4-5,7-12,18H,2-3,6,13,20H2,1H3. The molecule has 2 rings (SSSR count). The minimum Gasteiger partial charge on any atom is -0.484 e. The van der Waals surface area contributed by atoms with Gasteiger partial charge in [0, 0.05) is 16.6 Å². The first kappa shape index (κ1) is 16.1. The first-order valence-electron chi connectivity index (χ1n) is 7.44. The Balaban J connectivity index is 2.07. The normalized spacial score (nSPS) is 12.1. The minimum absolute atomic E-state index is 0.137. The van der Waals surface area contributed by atoms with Crippen molar-refractivity contribution in [3.63, 3.8) is 0 Å². The maximum absolute atomic E-state index is 6.03. The molecule has 2 aromatic rings. The maximum atomic E-state index is 6.03. The molecule has 112 valence electrons. The minimum atomic E-state index is -0.137. The fourth-order valence-corrected chi connectivity index (χ4v) is 2.79. The Morgan fingerprint density at radius 3 is 2.43 bits per heavy atom. The highest BCUT2D eigenvalue weighted by atomic mass is 79.9. The molecule has 1 atom stereocenters. The molecular weight excluding hydrogens is 326 g/mol. The van der Waals surface area contributed by atoms with E-state index in [4.69, 9.17) is 10.5 Å². The van der Waals surface area contributed by atoms with Crippen LogP contribution >= 0.6 is 15.9 Å². The van der Waals surface area contributed by atoms with Gasteiger partial charge in [-0.2, -0.15) is 0 Å². The number of aryl methyl sites for hydroxylation is 1. The van der Waals surface area contributed by atoms with Gasteiger partial charge in [0.15, 0.2) is 0 Å². The summed E-state index contributed by atoms with van der Waals surface area (Å²) in [5.74, 6) is 0.862. The van der Waals surface area contributed by atoms with Crippen molar-refractivity contribution in [3.05, 3.63) is 64.1 Å². The average Bonchev–Trinajstić information content (AvgIpc) is 2.52. The summed E-state index contributed by atoms with van der Waals surface area (Å²) < 4.78 is 7.06. The number of nitrogens with two attached hydrogens (primary N) is 1. The van der Waals surface area contributed by atoms with E-state index < -0.39 is 0 Å². The molecule has 0 amide bonds. The molecule has 1 unspecified atom stereocenters. The van der Waals surface area contributed by atoms with Crippen molar-refractivity contribution >= 4 is 15.9 Å². The van der Waals surface area contributed by atoms with Crippen LogP contribution in [0, 0.1) is 0 Å². The van der Waals surface area contributed by atoms with Crippen LogP contribution in [-0.4, -0.2) is 6.54 Å². The van der Waals surface area contributed by atoms with Crippen molar-refractivity contribution in [2.45, 2.75) is 32.3 Å². The summed E-state index contributed by atoms with van der Waals surface area (Å²) in [4.78, 5) is 0.